The van der Waals surface area contributed by atoms with E-state index in [-0.39, 0.29) is 29.7 Å². The summed E-state index contributed by atoms with van der Waals surface area (Å²) in [6.07, 6.45) is 8.30. The molecule has 3 aliphatic rings. The largest absolute Gasteiger partial charge is 0.381 e. The Balaban J connectivity index is 1.54. The first-order valence-corrected chi connectivity index (χ1v) is 14.3. The van der Waals surface area contributed by atoms with Crippen LogP contribution < -0.4 is 10.6 Å². The second-order valence-electron chi connectivity index (χ2n) is 11.0. The van der Waals surface area contributed by atoms with Crippen LogP contribution >= 0.6 is 0 Å². The van der Waals surface area contributed by atoms with E-state index in [0.29, 0.717) is 45.4 Å². The molecule has 4 rings (SSSR count). The van der Waals surface area contributed by atoms with Crippen molar-refractivity contribution in [3.8, 4) is 0 Å². The van der Waals surface area contributed by atoms with Gasteiger partial charge in [-0.2, -0.15) is 0 Å². The van der Waals surface area contributed by atoms with Gasteiger partial charge in [0.15, 0.2) is 0 Å². The lowest BCUT2D eigenvalue weighted by molar-refractivity contribution is -0.140. The normalized spacial score (nSPS) is 27.3. The van der Waals surface area contributed by atoms with Gasteiger partial charge in [0.2, 0.25) is 17.7 Å². The molecule has 208 valence electrons. The fraction of sp³-hybridized carbons (Fsp3) is 0.633. The maximum Gasteiger partial charge on any atom is 0.243 e. The second kappa shape index (κ2) is 13.4. The van der Waals surface area contributed by atoms with Gasteiger partial charge >= 0.3 is 0 Å². The van der Waals surface area contributed by atoms with E-state index >= 15 is 0 Å². The molecule has 3 atom stereocenters. The Labute approximate surface area is 227 Å². The number of hydrogen-bond donors (Lipinski definition) is 2. The van der Waals surface area contributed by atoms with Gasteiger partial charge in [-0.15, -0.1) is 0 Å². The molecule has 1 aromatic rings. The molecule has 3 amide bonds. The van der Waals surface area contributed by atoms with E-state index in [2.05, 4.69) is 27.7 Å². The summed E-state index contributed by atoms with van der Waals surface area (Å²) in [6.45, 7) is 8.50. The highest BCUT2D eigenvalue weighted by Crippen LogP contribution is 2.36. The van der Waals surface area contributed by atoms with Gasteiger partial charge in [-0.25, -0.2) is 0 Å². The Morgan fingerprint density at radius 3 is 2.53 bits per heavy atom. The molecule has 2 saturated heterocycles. The molecule has 0 aromatic heterocycles. The zero-order valence-corrected chi connectivity index (χ0v) is 23.0. The van der Waals surface area contributed by atoms with Gasteiger partial charge in [0.1, 0.15) is 6.04 Å². The third-order valence-electron chi connectivity index (χ3n) is 8.57. The highest BCUT2D eigenvalue weighted by Gasteiger charge is 2.41. The Kier molecular flexibility index (Phi) is 9.97. The number of amides is 3. The number of allylic oxidation sites excluding steroid dienone is 2. The maximum absolute atomic E-state index is 13.7. The van der Waals surface area contributed by atoms with Crippen molar-refractivity contribution < 1.29 is 19.1 Å². The first-order valence-electron chi connectivity index (χ1n) is 14.3. The van der Waals surface area contributed by atoms with E-state index in [4.69, 9.17) is 4.74 Å². The Morgan fingerprint density at radius 2 is 1.82 bits per heavy atom. The lowest BCUT2D eigenvalue weighted by Gasteiger charge is -2.40. The smallest absolute Gasteiger partial charge is 0.243 e. The van der Waals surface area contributed by atoms with E-state index in [1.165, 1.54) is 0 Å². The number of piperidine rings is 1. The number of fused-ring (bicyclic) bond motifs is 1. The molecule has 0 unspecified atom stereocenters. The number of carbonyl (C=O) groups excluding carboxylic acids is 3. The summed E-state index contributed by atoms with van der Waals surface area (Å²) in [7, 11) is 0. The minimum absolute atomic E-state index is 0.00130. The van der Waals surface area contributed by atoms with Gasteiger partial charge < -0.3 is 20.3 Å². The van der Waals surface area contributed by atoms with E-state index in [1.54, 1.807) is 0 Å². The first kappa shape index (κ1) is 28.3. The number of rotatable bonds is 6. The van der Waals surface area contributed by atoms with Crippen molar-refractivity contribution in [1.29, 1.82) is 0 Å². The summed E-state index contributed by atoms with van der Waals surface area (Å²) in [5, 5.41) is 6.45. The minimum Gasteiger partial charge on any atom is -0.381 e. The molecule has 2 N–H and O–H groups in total. The number of ether oxygens (including phenoxy) is 1. The van der Waals surface area contributed by atoms with Crippen LogP contribution in [0, 0.1) is 11.3 Å². The van der Waals surface area contributed by atoms with Crippen molar-refractivity contribution in [1.82, 2.24) is 20.4 Å². The quantitative estimate of drug-likeness (QED) is 0.558. The number of nitrogens with zero attached hydrogens (tertiary/aromatic N) is 2. The van der Waals surface area contributed by atoms with Crippen molar-refractivity contribution in [3.05, 3.63) is 48.0 Å². The molecule has 38 heavy (non-hydrogen) atoms. The molecule has 0 saturated carbocycles. The molecule has 0 radical (unpaired) electrons. The molecule has 1 aromatic carbocycles. The summed E-state index contributed by atoms with van der Waals surface area (Å²) in [4.78, 5) is 44.2. The summed E-state index contributed by atoms with van der Waals surface area (Å²) >= 11 is 0. The van der Waals surface area contributed by atoms with Crippen molar-refractivity contribution in [2.45, 2.75) is 64.5 Å². The van der Waals surface area contributed by atoms with Crippen molar-refractivity contribution in [2.24, 2.45) is 11.3 Å². The fourth-order valence-corrected chi connectivity index (χ4v) is 6.07. The molecular weight excluding hydrogens is 480 g/mol. The number of hydrogen-bond acceptors (Lipinski definition) is 5. The summed E-state index contributed by atoms with van der Waals surface area (Å²) in [6, 6.07) is 9.22. The molecule has 1 spiro atoms. The molecule has 8 nitrogen and oxygen atoms in total. The van der Waals surface area contributed by atoms with Crippen molar-refractivity contribution in [2.75, 3.05) is 45.9 Å². The van der Waals surface area contributed by atoms with Gasteiger partial charge in [-0.1, -0.05) is 42.5 Å². The molecule has 3 aliphatic heterocycles. The van der Waals surface area contributed by atoms with Crippen LogP contribution in [0.5, 0.6) is 0 Å². The molecule has 8 heteroatoms. The molecule has 0 bridgehead atoms. The van der Waals surface area contributed by atoms with E-state index < -0.39 is 11.5 Å². The van der Waals surface area contributed by atoms with Crippen LogP contribution in [0.2, 0.25) is 0 Å². The van der Waals surface area contributed by atoms with Crippen LogP contribution in [0.15, 0.2) is 42.5 Å². The predicted octanol–water partition coefficient (Wildman–Crippen LogP) is 2.54. The number of likely N-dealkylation sites (tertiary alicyclic amines) is 1. The third kappa shape index (κ3) is 7.03. The number of carbonyl (C=O) groups is 3. The highest BCUT2D eigenvalue weighted by molar-refractivity contribution is 5.90. The van der Waals surface area contributed by atoms with Gasteiger partial charge in [0.05, 0.1) is 12.0 Å². The van der Waals surface area contributed by atoms with Crippen molar-refractivity contribution >= 4 is 17.7 Å². The lowest BCUT2D eigenvalue weighted by atomic mass is 9.75. The Morgan fingerprint density at radius 1 is 1.08 bits per heavy atom. The SMILES string of the molecule is CCN(CC)C(=O)CN1CC[C@H]2NC(=O)[C@@H](Cc3ccccc3)NC(=O)C3(C/C=C/C[C@H]2C1)CCOCC3. The van der Waals surface area contributed by atoms with Crippen LogP contribution in [0.1, 0.15) is 51.5 Å². The summed E-state index contributed by atoms with van der Waals surface area (Å²) in [5.74, 6) is 0.180. The van der Waals surface area contributed by atoms with Crippen LogP contribution in [0.4, 0.5) is 0 Å². The third-order valence-corrected chi connectivity index (χ3v) is 8.57. The van der Waals surface area contributed by atoms with Gasteiger partial charge in [-0.05, 0) is 57.4 Å². The molecule has 2 fully saturated rings. The monoisotopic (exact) mass is 524 g/mol. The van der Waals surface area contributed by atoms with Crippen LogP contribution in [0.25, 0.3) is 0 Å². The number of benzene rings is 1. The standard InChI is InChI=1S/C30H44N4O4/c1-3-34(4-2)27(35)22-33-17-13-25-24(21-33)12-8-9-14-30(15-18-38-19-16-30)29(37)32-26(28(36)31-25)20-23-10-6-5-7-11-23/h5-11,24-26H,3-4,12-22H2,1-2H3,(H,31,36)(H,32,37)/b9-8+/t24-,25+,26+/m0/s1. The average molecular weight is 525 g/mol. The van der Waals surface area contributed by atoms with Crippen LogP contribution in [-0.2, 0) is 25.5 Å². The molecular formula is C30H44N4O4. The predicted molar refractivity (Wildman–Crippen MR) is 147 cm³/mol. The molecule has 3 heterocycles. The zero-order valence-electron chi connectivity index (χ0n) is 23.0. The summed E-state index contributed by atoms with van der Waals surface area (Å²) in [5.41, 5.74) is 0.458. The van der Waals surface area contributed by atoms with Crippen molar-refractivity contribution in [3.63, 3.8) is 0 Å². The minimum atomic E-state index is -0.643. The average Bonchev–Trinajstić information content (AvgIpc) is 2.93. The second-order valence-corrected chi connectivity index (χ2v) is 11.0. The van der Waals surface area contributed by atoms with Gasteiger partial charge in [0, 0.05) is 51.9 Å². The highest BCUT2D eigenvalue weighted by atomic mass is 16.5. The van der Waals surface area contributed by atoms with Gasteiger partial charge in [-0.3, -0.25) is 19.3 Å². The maximum atomic E-state index is 13.7. The lowest BCUT2D eigenvalue weighted by Crippen LogP contribution is -2.58. The van der Waals surface area contributed by atoms with Crippen LogP contribution in [-0.4, -0.2) is 85.5 Å². The van der Waals surface area contributed by atoms with Crippen LogP contribution in [0.3, 0.4) is 0 Å². The number of likely N-dealkylation sites (N-methyl/N-ethyl adjacent to an activating group) is 1. The molecule has 0 aliphatic carbocycles. The Hall–Kier alpha value is -2.71. The van der Waals surface area contributed by atoms with E-state index in [9.17, 15) is 14.4 Å². The topological polar surface area (TPSA) is 91.0 Å². The van der Waals surface area contributed by atoms with E-state index in [1.807, 2.05) is 49.1 Å². The zero-order chi connectivity index (χ0) is 27.0. The summed E-state index contributed by atoms with van der Waals surface area (Å²) < 4.78 is 5.59. The van der Waals surface area contributed by atoms with Gasteiger partial charge in [0.25, 0.3) is 0 Å². The number of nitrogens with one attached hydrogen (secondary N) is 2. The first-order chi connectivity index (χ1) is 18.4. The fourth-order valence-electron chi connectivity index (χ4n) is 6.07. The Bertz CT molecular complexity index is 972. The van der Waals surface area contributed by atoms with E-state index in [0.717, 1.165) is 44.6 Å².